The average molecular weight is 468 g/mol. The van der Waals surface area contributed by atoms with E-state index in [1.807, 2.05) is 12.1 Å². The first-order chi connectivity index (χ1) is 15.7. The highest BCUT2D eigenvalue weighted by Gasteiger charge is 2.25. The molecule has 5 heterocycles. The number of ether oxygens (including phenoxy) is 1. The van der Waals surface area contributed by atoms with Crippen LogP contribution in [0.25, 0.3) is 10.2 Å². The third kappa shape index (κ3) is 4.04. The molecule has 6 rings (SSSR count). The maximum absolute atomic E-state index is 11.7. The molecule has 2 aromatic heterocycles. The quantitative estimate of drug-likeness (QED) is 0.613. The highest BCUT2D eigenvalue weighted by atomic mass is 32.2. The molecule has 32 heavy (non-hydrogen) atoms. The molecule has 3 aliphatic rings. The summed E-state index contributed by atoms with van der Waals surface area (Å²) in [6, 6.07) is 6.15. The first kappa shape index (κ1) is 20.6. The molecule has 7 nitrogen and oxygen atoms in total. The van der Waals surface area contributed by atoms with E-state index in [2.05, 4.69) is 31.2 Å². The van der Waals surface area contributed by atoms with Crippen LogP contribution < -0.4 is 5.32 Å². The maximum atomic E-state index is 11.7. The molecule has 3 aromatic rings. The van der Waals surface area contributed by atoms with Crippen molar-refractivity contribution >= 4 is 49.9 Å². The fourth-order valence-corrected chi connectivity index (χ4v) is 6.86. The van der Waals surface area contributed by atoms with E-state index in [0.717, 1.165) is 91.1 Å². The molecular formula is C23H25N5O2S2. The van der Waals surface area contributed by atoms with Crippen molar-refractivity contribution in [1.29, 1.82) is 0 Å². The number of anilines is 2. The van der Waals surface area contributed by atoms with Crippen LogP contribution >= 0.6 is 23.1 Å². The molecule has 0 unspecified atom stereocenters. The number of thioether (sulfide) groups is 1. The second-order valence-corrected chi connectivity index (χ2v) is 10.7. The molecule has 0 amide bonds. The Labute approximate surface area is 195 Å². The van der Waals surface area contributed by atoms with Gasteiger partial charge in [-0.25, -0.2) is 9.97 Å². The Balaban J connectivity index is 1.21. The molecule has 0 aliphatic carbocycles. The summed E-state index contributed by atoms with van der Waals surface area (Å²) in [5.41, 5.74) is 3.47. The lowest BCUT2D eigenvalue weighted by Crippen LogP contribution is -2.42. The number of morpholine rings is 1. The van der Waals surface area contributed by atoms with Gasteiger partial charge in [-0.2, -0.15) is 0 Å². The van der Waals surface area contributed by atoms with Gasteiger partial charge in [-0.05, 0) is 29.7 Å². The third-order valence-electron chi connectivity index (χ3n) is 6.44. The molecule has 166 valence electrons. The highest BCUT2D eigenvalue weighted by Crippen LogP contribution is 2.39. The zero-order valence-corrected chi connectivity index (χ0v) is 19.4. The maximum Gasteiger partial charge on any atom is 0.198 e. The minimum absolute atomic E-state index is 0.214. The number of rotatable bonds is 5. The highest BCUT2D eigenvalue weighted by molar-refractivity contribution is 8.14. The minimum Gasteiger partial charge on any atom is -0.379 e. The lowest BCUT2D eigenvalue weighted by Gasteiger charge is -2.31. The van der Waals surface area contributed by atoms with Crippen LogP contribution in [0.5, 0.6) is 0 Å². The largest absolute Gasteiger partial charge is 0.379 e. The van der Waals surface area contributed by atoms with E-state index < -0.39 is 0 Å². The van der Waals surface area contributed by atoms with Gasteiger partial charge in [0.05, 0.1) is 18.6 Å². The monoisotopic (exact) mass is 467 g/mol. The van der Waals surface area contributed by atoms with Crippen LogP contribution in [-0.4, -0.2) is 70.8 Å². The molecule has 0 radical (unpaired) electrons. The van der Waals surface area contributed by atoms with Crippen molar-refractivity contribution in [3.8, 4) is 0 Å². The fraction of sp³-hybridized carbons (Fsp3) is 0.435. The molecule has 0 atom stereocenters. The standard InChI is InChI=1S/C23H25N5O2S2/c29-20-11-15-1-2-16(12-18(15)31-20)26-22-21-17-3-4-28(6-5-27-7-9-30-10-8-27)13-19(17)32-23(21)25-14-24-22/h1-2,12,14H,3-11,13H2,(H,24,25,26). The number of hydrogen-bond donors (Lipinski definition) is 1. The molecular weight excluding hydrogens is 442 g/mol. The molecule has 0 bridgehead atoms. The predicted octanol–water partition coefficient (Wildman–Crippen LogP) is 3.30. The molecule has 0 spiro atoms. The van der Waals surface area contributed by atoms with E-state index in [-0.39, 0.29) is 5.12 Å². The number of hydrogen-bond acceptors (Lipinski definition) is 9. The van der Waals surface area contributed by atoms with Gasteiger partial charge in [-0.1, -0.05) is 17.8 Å². The van der Waals surface area contributed by atoms with Gasteiger partial charge in [-0.3, -0.25) is 14.6 Å². The van der Waals surface area contributed by atoms with Crippen molar-refractivity contribution in [2.24, 2.45) is 0 Å². The van der Waals surface area contributed by atoms with E-state index in [1.54, 1.807) is 17.7 Å². The van der Waals surface area contributed by atoms with Crippen LogP contribution in [0.1, 0.15) is 16.0 Å². The van der Waals surface area contributed by atoms with Gasteiger partial charge in [-0.15, -0.1) is 11.3 Å². The lowest BCUT2D eigenvalue weighted by atomic mass is 10.0. The Hall–Kier alpha value is -2.04. The number of aromatic nitrogens is 2. The fourth-order valence-electron chi connectivity index (χ4n) is 4.70. The van der Waals surface area contributed by atoms with Gasteiger partial charge in [0.2, 0.25) is 0 Å². The summed E-state index contributed by atoms with van der Waals surface area (Å²) in [6.07, 6.45) is 3.20. The zero-order chi connectivity index (χ0) is 21.5. The van der Waals surface area contributed by atoms with Crippen LogP contribution in [0.15, 0.2) is 29.4 Å². The van der Waals surface area contributed by atoms with E-state index in [4.69, 9.17) is 4.74 Å². The summed E-state index contributed by atoms with van der Waals surface area (Å²) in [5.74, 6) is 0.864. The normalized spacial score (nSPS) is 19.3. The number of nitrogens with one attached hydrogen (secondary N) is 1. The van der Waals surface area contributed by atoms with Gasteiger partial charge in [0.15, 0.2) is 5.12 Å². The van der Waals surface area contributed by atoms with Crippen molar-refractivity contribution in [2.45, 2.75) is 24.3 Å². The van der Waals surface area contributed by atoms with E-state index in [0.29, 0.717) is 6.42 Å². The average Bonchev–Trinajstić information content (AvgIpc) is 3.37. The molecule has 1 N–H and O–H groups in total. The predicted molar refractivity (Wildman–Crippen MR) is 128 cm³/mol. The van der Waals surface area contributed by atoms with Crippen LogP contribution in [-0.2, 0) is 28.9 Å². The third-order valence-corrected chi connectivity index (χ3v) is 8.54. The number of fused-ring (bicyclic) bond motifs is 4. The van der Waals surface area contributed by atoms with Crippen molar-refractivity contribution in [2.75, 3.05) is 51.3 Å². The van der Waals surface area contributed by atoms with Crippen LogP contribution in [0.3, 0.4) is 0 Å². The van der Waals surface area contributed by atoms with Gasteiger partial charge >= 0.3 is 0 Å². The lowest BCUT2D eigenvalue weighted by molar-refractivity contribution is -0.110. The van der Waals surface area contributed by atoms with E-state index in [1.165, 1.54) is 22.2 Å². The SMILES string of the molecule is O=C1Cc2ccc(Nc3ncnc4sc5c(c34)CCN(CCN3CCOCC3)C5)cc2S1. The summed E-state index contributed by atoms with van der Waals surface area (Å²) >= 11 is 3.13. The van der Waals surface area contributed by atoms with Crippen LogP contribution in [0.2, 0.25) is 0 Å². The smallest absolute Gasteiger partial charge is 0.198 e. The molecule has 1 saturated heterocycles. The number of carbonyl (C=O) groups excluding carboxylic acids is 1. The van der Waals surface area contributed by atoms with Gasteiger partial charge in [0.1, 0.15) is 17.0 Å². The summed E-state index contributed by atoms with van der Waals surface area (Å²) in [4.78, 5) is 29.5. The van der Waals surface area contributed by atoms with Crippen LogP contribution in [0, 0.1) is 0 Å². The number of nitrogens with zero attached hydrogens (tertiary/aromatic N) is 4. The minimum atomic E-state index is 0.214. The number of carbonyl (C=O) groups is 1. The van der Waals surface area contributed by atoms with Crippen molar-refractivity contribution in [1.82, 2.24) is 19.8 Å². The Morgan fingerprint density at radius 1 is 1.09 bits per heavy atom. The molecule has 1 aromatic carbocycles. The summed E-state index contributed by atoms with van der Waals surface area (Å²) in [5, 5.41) is 4.88. The van der Waals surface area contributed by atoms with Crippen LogP contribution in [0.4, 0.5) is 11.5 Å². The Morgan fingerprint density at radius 2 is 1.97 bits per heavy atom. The van der Waals surface area contributed by atoms with Gasteiger partial charge in [0, 0.05) is 61.1 Å². The van der Waals surface area contributed by atoms with E-state index >= 15 is 0 Å². The Bertz CT molecular complexity index is 1170. The Kier molecular flexibility index (Phi) is 5.60. The zero-order valence-electron chi connectivity index (χ0n) is 17.8. The molecule has 1 fully saturated rings. The molecule has 3 aliphatic heterocycles. The van der Waals surface area contributed by atoms with Gasteiger partial charge in [0.25, 0.3) is 0 Å². The Morgan fingerprint density at radius 3 is 2.88 bits per heavy atom. The second kappa shape index (κ2) is 8.72. The van der Waals surface area contributed by atoms with Crippen molar-refractivity contribution in [3.05, 3.63) is 40.5 Å². The summed E-state index contributed by atoms with van der Waals surface area (Å²) in [6.45, 7) is 8.05. The number of benzene rings is 1. The van der Waals surface area contributed by atoms with Crippen molar-refractivity contribution in [3.63, 3.8) is 0 Å². The van der Waals surface area contributed by atoms with E-state index in [9.17, 15) is 4.79 Å². The first-order valence-corrected chi connectivity index (χ1v) is 12.7. The van der Waals surface area contributed by atoms with Gasteiger partial charge < -0.3 is 10.1 Å². The summed E-state index contributed by atoms with van der Waals surface area (Å²) in [7, 11) is 0. The number of thiophene rings is 1. The first-order valence-electron chi connectivity index (χ1n) is 11.1. The van der Waals surface area contributed by atoms with Crippen molar-refractivity contribution < 1.29 is 9.53 Å². The topological polar surface area (TPSA) is 70.6 Å². The summed E-state index contributed by atoms with van der Waals surface area (Å²) < 4.78 is 5.46. The molecule has 9 heteroatoms. The second-order valence-electron chi connectivity index (χ2n) is 8.48. The molecule has 0 saturated carbocycles.